The van der Waals surface area contributed by atoms with Crippen molar-refractivity contribution in [1.29, 1.82) is 0 Å². The molecule has 0 aliphatic rings. The minimum atomic E-state index is -0.644. The molecule has 8 nitrogen and oxygen atoms in total. The first-order chi connectivity index (χ1) is 13.8. The first-order valence-electron chi connectivity index (χ1n) is 8.80. The van der Waals surface area contributed by atoms with Crippen LogP contribution in [-0.2, 0) is 20.7 Å². The van der Waals surface area contributed by atoms with E-state index < -0.39 is 17.8 Å². The molecule has 0 unspecified atom stereocenters. The Bertz CT molecular complexity index is 1120. The molecule has 0 spiro atoms. The maximum Gasteiger partial charge on any atom is 0.339 e. The normalized spacial score (nSPS) is 10.6. The van der Waals surface area contributed by atoms with Crippen LogP contribution in [0.25, 0.3) is 11.0 Å². The standard InChI is InChI=1S/C21H20N2O6/c1-11-7-15-17(23-29-18(15)8-12(11)2)10-19(24)22-16-9-13(20(25)27-3)5-6-14(16)21(26)28-4/h5-9H,10H2,1-4H3,(H,22,24). The summed E-state index contributed by atoms with van der Waals surface area (Å²) in [6, 6.07) is 7.97. The number of carbonyl (C=O) groups excluding carboxylic acids is 3. The smallest absolute Gasteiger partial charge is 0.339 e. The summed E-state index contributed by atoms with van der Waals surface area (Å²) >= 11 is 0. The zero-order valence-electron chi connectivity index (χ0n) is 16.5. The summed E-state index contributed by atoms with van der Waals surface area (Å²) in [6.07, 6.45) is -0.0709. The number of hydrogen-bond donors (Lipinski definition) is 1. The van der Waals surface area contributed by atoms with Gasteiger partial charge in [0.15, 0.2) is 5.58 Å². The second kappa shape index (κ2) is 8.14. The predicted molar refractivity (Wildman–Crippen MR) is 105 cm³/mol. The quantitative estimate of drug-likeness (QED) is 0.660. The summed E-state index contributed by atoms with van der Waals surface area (Å²) in [6.45, 7) is 3.93. The molecule has 1 aromatic heterocycles. The first-order valence-corrected chi connectivity index (χ1v) is 8.80. The van der Waals surface area contributed by atoms with Crippen molar-refractivity contribution in [1.82, 2.24) is 5.16 Å². The van der Waals surface area contributed by atoms with Gasteiger partial charge in [0.05, 0.1) is 37.5 Å². The number of ether oxygens (including phenoxy) is 2. The zero-order chi connectivity index (χ0) is 21.1. The van der Waals surface area contributed by atoms with E-state index in [2.05, 4.69) is 15.2 Å². The Hall–Kier alpha value is -3.68. The van der Waals surface area contributed by atoms with Gasteiger partial charge in [-0.25, -0.2) is 9.59 Å². The van der Waals surface area contributed by atoms with Crippen LogP contribution in [0.3, 0.4) is 0 Å². The van der Waals surface area contributed by atoms with Crippen LogP contribution in [0.15, 0.2) is 34.9 Å². The van der Waals surface area contributed by atoms with Crippen LogP contribution in [0.2, 0.25) is 0 Å². The summed E-state index contributed by atoms with van der Waals surface area (Å²) in [7, 11) is 2.47. The molecule has 150 valence electrons. The number of aromatic nitrogens is 1. The Morgan fingerprint density at radius 1 is 1.00 bits per heavy atom. The molecule has 0 saturated carbocycles. The second-order valence-electron chi connectivity index (χ2n) is 6.53. The van der Waals surface area contributed by atoms with Crippen LogP contribution in [-0.4, -0.2) is 37.2 Å². The number of anilines is 1. The van der Waals surface area contributed by atoms with Gasteiger partial charge in [-0.05, 0) is 55.3 Å². The fraction of sp³-hybridized carbons (Fsp3) is 0.238. The molecule has 1 N–H and O–H groups in total. The maximum atomic E-state index is 12.6. The SMILES string of the molecule is COC(=O)c1ccc(C(=O)OC)c(NC(=O)Cc2noc3cc(C)c(C)cc23)c1. The molecular weight excluding hydrogens is 376 g/mol. The highest BCUT2D eigenvalue weighted by Gasteiger charge is 2.19. The monoisotopic (exact) mass is 396 g/mol. The number of carbonyl (C=O) groups is 3. The molecule has 1 amide bonds. The van der Waals surface area contributed by atoms with Crippen LogP contribution in [0.5, 0.6) is 0 Å². The number of benzene rings is 2. The molecular formula is C21H20N2O6. The van der Waals surface area contributed by atoms with Gasteiger partial charge in [-0.3, -0.25) is 4.79 Å². The van der Waals surface area contributed by atoms with Crippen molar-refractivity contribution >= 4 is 34.5 Å². The highest BCUT2D eigenvalue weighted by atomic mass is 16.5. The lowest BCUT2D eigenvalue weighted by Crippen LogP contribution is -2.18. The third-order valence-corrected chi connectivity index (χ3v) is 4.61. The van der Waals surface area contributed by atoms with E-state index in [1.165, 1.54) is 32.4 Å². The number of fused-ring (bicyclic) bond motifs is 1. The molecule has 0 bridgehead atoms. The largest absolute Gasteiger partial charge is 0.465 e. The van der Waals surface area contributed by atoms with E-state index in [4.69, 9.17) is 9.26 Å². The van der Waals surface area contributed by atoms with E-state index >= 15 is 0 Å². The molecule has 0 atom stereocenters. The summed E-state index contributed by atoms with van der Waals surface area (Å²) in [5.74, 6) is -1.66. The van der Waals surface area contributed by atoms with Crippen LogP contribution >= 0.6 is 0 Å². The van der Waals surface area contributed by atoms with Crippen molar-refractivity contribution in [2.24, 2.45) is 0 Å². The van der Waals surface area contributed by atoms with E-state index in [-0.39, 0.29) is 23.2 Å². The van der Waals surface area contributed by atoms with Crippen LogP contribution in [0.1, 0.15) is 37.5 Å². The Balaban J connectivity index is 1.89. The minimum Gasteiger partial charge on any atom is -0.465 e. The lowest BCUT2D eigenvalue weighted by molar-refractivity contribution is -0.115. The molecule has 8 heteroatoms. The van der Waals surface area contributed by atoms with Gasteiger partial charge in [0.1, 0.15) is 5.69 Å². The molecule has 1 heterocycles. The van der Waals surface area contributed by atoms with E-state index in [9.17, 15) is 14.4 Å². The Morgan fingerprint density at radius 3 is 2.38 bits per heavy atom. The average Bonchev–Trinajstić information content (AvgIpc) is 3.08. The number of nitrogens with zero attached hydrogens (tertiary/aromatic N) is 1. The first kappa shape index (κ1) is 20.1. The third kappa shape index (κ3) is 4.11. The molecule has 3 aromatic rings. The predicted octanol–water partition coefficient (Wildman–Crippen LogP) is 3.20. The van der Waals surface area contributed by atoms with Crippen molar-refractivity contribution < 1.29 is 28.4 Å². The molecule has 3 rings (SSSR count). The molecule has 29 heavy (non-hydrogen) atoms. The number of esters is 2. The van der Waals surface area contributed by atoms with Gasteiger partial charge < -0.3 is 19.3 Å². The van der Waals surface area contributed by atoms with Crippen molar-refractivity contribution in [3.05, 3.63) is 58.3 Å². The molecule has 0 aliphatic heterocycles. The highest BCUT2D eigenvalue weighted by molar-refractivity contribution is 6.04. The van der Waals surface area contributed by atoms with Crippen LogP contribution in [0.4, 0.5) is 5.69 Å². The molecule has 0 aliphatic carbocycles. The minimum absolute atomic E-state index is 0.0709. The van der Waals surface area contributed by atoms with Gasteiger partial charge in [-0.1, -0.05) is 5.16 Å². The molecule has 0 fully saturated rings. The number of aryl methyl sites for hydroxylation is 2. The average molecular weight is 396 g/mol. The second-order valence-corrected chi connectivity index (χ2v) is 6.53. The Labute approximate surface area is 166 Å². The molecule has 0 saturated heterocycles. The molecule has 2 aromatic carbocycles. The number of rotatable bonds is 5. The number of nitrogens with one attached hydrogen (secondary N) is 1. The highest BCUT2D eigenvalue weighted by Crippen LogP contribution is 2.24. The van der Waals surface area contributed by atoms with Gasteiger partial charge in [-0.15, -0.1) is 0 Å². The van der Waals surface area contributed by atoms with Gasteiger partial charge in [0.25, 0.3) is 0 Å². The maximum absolute atomic E-state index is 12.6. The van der Waals surface area contributed by atoms with E-state index in [0.717, 1.165) is 16.5 Å². The van der Waals surface area contributed by atoms with Crippen LogP contribution < -0.4 is 5.32 Å². The van der Waals surface area contributed by atoms with E-state index in [1.807, 2.05) is 26.0 Å². The fourth-order valence-electron chi connectivity index (χ4n) is 2.90. The zero-order valence-corrected chi connectivity index (χ0v) is 16.5. The Kier molecular flexibility index (Phi) is 5.63. The van der Waals surface area contributed by atoms with Gasteiger partial charge >= 0.3 is 11.9 Å². The Morgan fingerprint density at radius 2 is 1.69 bits per heavy atom. The summed E-state index contributed by atoms with van der Waals surface area (Å²) in [5.41, 5.74) is 3.64. The third-order valence-electron chi connectivity index (χ3n) is 4.61. The van der Waals surface area contributed by atoms with Gasteiger partial charge in [0.2, 0.25) is 5.91 Å². The van der Waals surface area contributed by atoms with Crippen molar-refractivity contribution in [2.75, 3.05) is 19.5 Å². The topological polar surface area (TPSA) is 108 Å². The summed E-state index contributed by atoms with van der Waals surface area (Å²) in [4.78, 5) is 36.4. The van der Waals surface area contributed by atoms with Crippen molar-refractivity contribution in [2.45, 2.75) is 20.3 Å². The number of hydrogen-bond acceptors (Lipinski definition) is 7. The summed E-state index contributed by atoms with van der Waals surface area (Å²) < 4.78 is 14.7. The van der Waals surface area contributed by atoms with Gasteiger partial charge in [-0.2, -0.15) is 0 Å². The van der Waals surface area contributed by atoms with Gasteiger partial charge in [0, 0.05) is 5.39 Å². The summed E-state index contributed by atoms with van der Waals surface area (Å²) in [5, 5.41) is 7.38. The van der Waals surface area contributed by atoms with Crippen molar-refractivity contribution in [3.63, 3.8) is 0 Å². The fourth-order valence-corrected chi connectivity index (χ4v) is 2.90. The van der Waals surface area contributed by atoms with Crippen LogP contribution in [0, 0.1) is 13.8 Å². The number of methoxy groups -OCH3 is 2. The lowest BCUT2D eigenvalue weighted by atomic mass is 10.1. The van der Waals surface area contributed by atoms with Crippen molar-refractivity contribution in [3.8, 4) is 0 Å². The number of amides is 1. The van der Waals surface area contributed by atoms with E-state index in [1.54, 1.807) is 0 Å². The lowest BCUT2D eigenvalue weighted by Gasteiger charge is -2.11. The van der Waals surface area contributed by atoms with E-state index in [0.29, 0.717) is 11.3 Å². The molecule has 0 radical (unpaired) electrons.